The number of urea groups is 1. The highest BCUT2D eigenvalue weighted by Crippen LogP contribution is 2.24. The number of carbonyl (C=O) groups excluding carboxylic acids is 1. The molecule has 0 spiro atoms. The Morgan fingerprint density at radius 1 is 1.56 bits per heavy atom. The molecule has 2 rings (SSSR count). The molecule has 2 aromatic rings. The summed E-state index contributed by atoms with van der Waals surface area (Å²) in [5, 5.41) is 15.8. The van der Waals surface area contributed by atoms with Gasteiger partial charge >= 0.3 is 6.03 Å². The van der Waals surface area contributed by atoms with Crippen molar-refractivity contribution in [2.24, 2.45) is 0 Å². The number of carbonyl (C=O) groups is 1. The molecule has 0 aliphatic heterocycles. The Hall–Kier alpha value is -2.64. The highest BCUT2D eigenvalue weighted by atomic mass is 16.6. The zero-order valence-electron chi connectivity index (χ0n) is 9.56. The Morgan fingerprint density at radius 3 is 3.00 bits per heavy atom. The fourth-order valence-electron chi connectivity index (χ4n) is 1.54. The second-order valence-electron chi connectivity index (χ2n) is 3.50. The molecule has 3 N–H and O–H groups in total. The van der Waals surface area contributed by atoms with Crippen molar-refractivity contribution in [2.75, 3.05) is 11.9 Å². The number of hydrogen-bond donors (Lipinski definition) is 3. The summed E-state index contributed by atoms with van der Waals surface area (Å²) in [7, 11) is 0. The van der Waals surface area contributed by atoms with Crippen LogP contribution in [0.4, 0.5) is 16.4 Å². The molecule has 0 radical (unpaired) electrons. The van der Waals surface area contributed by atoms with E-state index >= 15 is 0 Å². The number of anilines is 1. The standard InChI is InChI=1S/C10H11N5O3/c1-2-11-10(16)14-9-12-6-4-3-5-7(15(17)18)8(6)13-9/h3-5H,2H2,1H3,(H3,11,12,13,14,16). The summed E-state index contributed by atoms with van der Waals surface area (Å²) in [6.07, 6.45) is 0. The number of hydrogen-bond acceptors (Lipinski definition) is 4. The van der Waals surface area contributed by atoms with Gasteiger partial charge in [0.1, 0.15) is 0 Å². The fraction of sp³-hybridized carbons (Fsp3) is 0.200. The molecule has 94 valence electrons. The first kappa shape index (κ1) is 11.8. The minimum atomic E-state index is -0.515. The molecular weight excluding hydrogens is 238 g/mol. The Kier molecular flexibility index (Phi) is 3.09. The van der Waals surface area contributed by atoms with Crippen molar-refractivity contribution >= 4 is 28.7 Å². The summed E-state index contributed by atoms with van der Waals surface area (Å²) >= 11 is 0. The lowest BCUT2D eigenvalue weighted by atomic mass is 10.3. The number of imidazole rings is 1. The number of amides is 2. The topological polar surface area (TPSA) is 113 Å². The van der Waals surface area contributed by atoms with E-state index in [1.807, 2.05) is 0 Å². The maximum Gasteiger partial charge on any atom is 0.321 e. The van der Waals surface area contributed by atoms with Gasteiger partial charge in [-0.15, -0.1) is 0 Å². The molecule has 0 bridgehead atoms. The van der Waals surface area contributed by atoms with E-state index in [0.717, 1.165) is 0 Å². The lowest BCUT2D eigenvalue weighted by Crippen LogP contribution is -2.28. The summed E-state index contributed by atoms with van der Waals surface area (Å²) in [5.41, 5.74) is 0.609. The van der Waals surface area contributed by atoms with E-state index in [9.17, 15) is 14.9 Å². The number of H-pyrrole nitrogens is 1. The first-order chi connectivity index (χ1) is 8.61. The van der Waals surface area contributed by atoms with Crippen LogP contribution in [0.25, 0.3) is 11.0 Å². The third-order valence-corrected chi connectivity index (χ3v) is 2.26. The fourth-order valence-corrected chi connectivity index (χ4v) is 1.54. The second-order valence-corrected chi connectivity index (χ2v) is 3.50. The average molecular weight is 249 g/mol. The monoisotopic (exact) mass is 249 g/mol. The lowest BCUT2D eigenvalue weighted by Gasteiger charge is -2.00. The Balaban J connectivity index is 2.35. The van der Waals surface area contributed by atoms with Crippen molar-refractivity contribution < 1.29 is 9.72 Å². The number of nitrogens with zero attached hydrogens (tertiary/aromatic N) is 2. The van der Waals surface area contributed by atoms with Gasteiger partial charge in [0.15, 0.2) is 5.52 Å². The van der Waals surface area contributed by atoms with Gasteiger partial charge in [0.05, 0.1) is 10.4 Å². The third kappa shape index (κ3) is 2.21. The number of nitro groups is 1. The first-order valence-electron chi connectivity index (χ1n) is 5.29. The van der Waals surface area contributed by atoms with Gasteiger partial charge in [-0.3, -0.25) is 15.4 Å². The molecule has 1 heterocycles. The van der Waals surface area contributed by atoms with Crippen molar-refractivity contribution in [3.63, 3.8) is 0 Å². The van der Waals surface area contributed by atoms with Crippen LogP contribution in [-0.2, 0) is 0 Å². The summed E-state index contributed by atoms with van der Waals surface area (Å²) in [6, 6.07) is 4.14. The van der Waals surface area contributed by atoms with Gasteiger partial charge in [-0.25, -0.2) is 9.78 Å². The molecule has 0 unspecified atom stereocenters. The normalized spacial score (nSPS) is 10.3. The van der Waals surface area contributed by atoms with E-state index in [4.69, 9.17) is 0 Å². The molecule has 2 amide bonds. The Morgan fingerprint density at radius 2 is 2.33 bits per heavy atom. The van der Waals surface area contributed by atoms with Crippen LogP contribution in [0.2, 0.25) is 0 Å². The number of non-ortho nitro benzene ring substituents is 1. The zero-order valence-corrected chi connectivity index (χ0v) is 9.56. The third-order valence-electron chi connectivity index (χ3n) is 2.26. The maximum absolute atomic E-state index is 11.3. The van der Waals surface area contributed by atoms with Crippen LogP contribution in [0.15, 0.2) is 18.2 Å². The smallest absolute Gasteiger partial charge is 0.321 e. The molecule has 8 heteroatoms. The van der Waals surface area contributed by atoms with E-state index < -0.39 is 11.0 Å². The molecule has 0 atom stereocenters. The summed E-state index contributed by atoms with van der Waals surface area (Å²) in [5.74, 6) is 0.172. The van der Waals surface area contributed by atoms with Crippen molar-refractivity contribution in [1.82, 2.24) is 15.3 Å². The number of nitrogens with one attached hydrogen (secondary N) is 3. The molecule has 0 aliphatic carbocycles. The Labute approximate surface area is 102 Å². The van der Waals surface area contributed by atoms with Gasteiger partial charge < -0.3 is 10.3 Å². The summed E-state index contributed by atoms with van der Waals surface area (Å²) < 4.78 is 0. The molecule has 0 fully saturated rings. The van der Waals surface area contributed by atoms with E-state index in [0.29, 0.717) is 12.1 Å². The van der Waals surface area contributed by atoms with E-state index in [1.165, 1.54) is 6.07 Å². The van der Waals surface area contributed by atoms with Crippen molar-refractivity contribution in [3.05, 3.63) is 28.3 Å². The number of benzene rings is 1. The van der Waals surface area contributed by atoms with Gasteiger partial charge in [-0.05, 0) is 13.0 Å². The molecule has 0 aliphatic rings. The van der Waals surface area contributed by atoms with Gasteiger partial charge in [-0.2, -0.15) is 0 Å². The number of rotatable bonds is 3. The van der Waals surface area contributed by atoms with Crippen molar-refractivity contribution in [1.29, 1.82) is 0 Å². The molecule has 0 saturated carbocycles. The van der Waals surface area contributed by atoms with Crippen LogP contribution in [0.3, 0.4) is 0 Å². The number of nitro benzene ring substituents is 1. The van der Waals surface area contributed by atoms with E-state index in [1.54, 1.807) is 19.1 Å². The number of aromatic amines is 1. The highest BCUT2D eigenvalue weighted by molar-refractivity contribution is 5.92. The molecule has 1 aromatic heterocycles. The largest absolute Gasteiger partial charge is 0.338 e. The van der Waals surface area contributed by atoms with Gasteiger partial charge in [0, 0.05) is 12.6 Å². The SMILES string of the molecule is CCNC(=O)Nc1nc2c([N+](=O)[O-])cccc2[nH]1. The first-order valence-corrected chi connectivity index (χ1v) is 5.29. The van der Waals surface area contributed by atoms with Crippen LogP contribution in [-0.4, -0.2) is 27.5 Å². The van der Waals surface area contributed by atoms with E-state index in [2.05, 4.69) is 20.6 Å². The summed E-state index contributed by atoms with van der Waals surface area (Å²) in [6.45, 7) is 2.26. The molecule has 8 nitrogen and oxygen atoms in total. The predicted molar refractivity (Wildman–Crippen MR) is 65.4 cm³/mol. The number of para-hydroxylation sites is 1. The van der Waals surface area contributed by atoms with Crippen LogP contribution in [0.1, 0.15) is 6.92 Å². The minimum Gasteiger partial charge on any atom is -0.338 e. The summed E-state index contributed by atoms with van der Waals surface area (Å²) in [4.78, 5) is 28.4. The molecule has 1 aromatic carbocycles. The lowest BCUT2D eigenvalue weighted by molar-refractivity contribution is -0.383. The van der Waals surface area contributed by atoms with E-state index in [-0.39, 0.29) is 17.2 Å². The molecule has 18 heavy (non-hydrogen) atoms. The molecule has 0 saturated heterocycles. The van der Waals surface area contributed by atoms with Gasteiger partial charge in [0.2, 0.25) is 5.95 Å². The zero-order chi connectivity index (χ0) is 13.1. The maximum atomic E-state index is 11.3. The van der Waals surface area contributed by atoms with Crippen LogP contribution < -0.4 is 10.6 Å². The number of fused-ring (bicyclic) bond motifs is 1. The Bertz CT molecular complexity index is 607. The van der Waals surface area contributed by atoms with Crippen LogP contribution >= 0.6 is 0 Å². The minimum absolute atomic E-state index is 0.104. The average Bonchev–Trinajstić information content (AvgIpc) is 2.70. The van der Waals surface area contributed by atoms with Crippen LogP contribution in [0, 0.1) is 10.1 Å². The van der Waals surface area contributed by atoms with Crippen LogP contribution in [0.5, 0.6) is 0 Å². The van der Waals surface area contributed by atoms with Crippen molar-refractivity contribution in [3.8, 4) is 0 Å². The molecular formula is C10H11N5O3. The quantitative estimate of drug-likeness (QED) is 0.566. The second kappa shape index (κ2) is 4.70. The number of aromatic nitrogens is 2. The predicted octanol–water partition coefficient (Wildman–Crippen LogP) is 1.61. The van der Waals surface area contributed by atoms with Gasteiger partial charge in [0.25, 0.3) is 5.69 Å². The highest BCUT2D eigenvalue weighted by Gasteiger charge is 2.15. The van der Waals surface area contributed by atoms with Crippen molar-refractivity contribution in [2.45, 2.75) is 6.92 Å². The van der Waals surface area contributed by atoms with Gasteiger partial charge in [-0.1, -0.05) is 6.07 Å².